The van der Waals surface area contributed by atoms with Crippen molar-refractivity contribution in [1.82, 2.24) is 14.5 Å². The number of nitrogens with one attached hydrogen (secondary N) is 1. The second-order valence-electron chi connectivity index (χ2n) is 7.01. The summed E-state index contributed by atoms with van der Waals surface area (Å²) < 4.78 is 52.7. The fourth-order valence-electron chi connectivity index (χ4n) is 3.09. The molecule has 0 bridgehead atoms. The maximum absolute atomic E-state index is 13.1. The van der Waals surface area contributed by atoms with Gasteiger partial charge in [-0.3, -0.25) is 0 Å². The van der Waals surface area contributed by atoms with Crippen molar-refractivity contribution < 1.29 is 17.2 Å². The minimum Gasteiger partial charge on any atom is -0.218 e. The van der Waals surface area contributed by atoms with Crippen LogP contribution in [0.15, 0.2) is 42.6 Å². The fourth-order valence-corrected chi connectivity index (χ4v) is 3.78. The van der Waals surface area contributed by atoms with Crippen molar-refractivity contribution in [3.63, 3.8) is 0 Å². The Labute approximate surface area is 163 Å². The highest BCUT2D eigenvalue weighted by atomic mass is 32.2. The van der Waals surface area contributed by atoms with Gasteiger partial charge in [0.15, 0.2) is 0 Å². The summed E-state index contributed by atoms with van der Waals surface area (Å²) in [6, 6.07) is 11.7. The highest BCUT2D eigenvalue weighted by molar-refractivity contribution is 7.89. The van der Waals surface area contributed by atoms with E-state index in [4.69, 9.17) is 0 Å². The van der Waals surface area contributed by atoms with E-state index in [0.717, 1.165) is 11.1 Å². The van der Waals surface area contributed by atoms with Gasteiger partial charge in [0, 0.05) is 11.6 Å². The first kappa shape index (κ1) is 20.4. The van der Waals surface area contributed by atoms with Crippen LogP contribution < -0.4 is 4.72 Å². The average Bonchev–Trinajstić information content (AvgIpc) is 3.11. The molecule has 150 valence electrons. The Hall–Kier alpha value is -2.32. The quantitative estimate of drug-likeness (QED) is 0.635. The van der Waals surface area contributed by atoms with E-state index < -0.39 is 16.6 Å². The number of hydrogen-bond donors (Lipinski definition) is 1. The molecule has 0 fully saturated rings. The summed E-state index contributed by atoms with van der Waals surface area (Å²) >= 11 is 0. The molecule has 0 spiro atoms. The van der Waals surface area contributed by atoms with Crippen LogP contribution in [0.1, 0.15) is 37.4 Å². The lowest BCUT2D eigenvalue weighted by atomic mass is 9.96. The van der Waals surface area contributed by atoms with Gasteiger partial charge in [0.2, 0.25) is 10.0 Å². The second-order valence-corrected chi connectivity index (χ2v) is 9.06. The van der Waals surface area contributed by atoms with E-state index in [9.17, 15) is 17.2 Å². The number of sulfonamides is 1. The molecule has 8 heteroatoms. The zero-order valence-corrected chi connectivity index (χ0v) is 16.8. The molecule has 0 atom stereocenters. The molecule has 0 unspecified atom stereocenters. The number of alkyl halides is 2. The van der Waals surface area contributed by atoms with Gasteiger partial charge in [-0.05, 0) is 53.8 Å². The summed E-state index contributed by atoms with van der Waals surface area (Å²) in [4.78, 5) is 0. The SMILES string of the molecule is CNS(=O)(=O)CCc1cc(-c2ccc(C(C)C)cc2)cc2cn(C(F)F)nc12. The molecule has 0 amide bonds. The van der Waals surface area contributed by atoms with Gasteiger partial charge in [-0.25, -0.2) is 17.8 Å². The molecule has 1 N–H and O–H groups in total. The smallest absolute Gasteiger partial charge is 0.218 e. The van der Waals surface area contributed by atoms with Crippen molar-refractivity contribution in [3.8, 4) is 11.1 Å². The number of halogens is 2. The lowest BCUT2D eigenvalue weighted by Gasteiger charge is -2.10. The van der Waals surface area contributed by atoms with E-state index in [1.54, 1.807) is 0 Å². The molecule has 0 aliphatic carbocycles. The standard InChI is InChI=1S/C20H23F2N3O2S/c1-13(2)14-4-6-15(7-5-14)17-10-16(8-9-28(26,27)23-3)19-18(11-17)12-25(24-19)20(21)22/h4-7,10-13,20,23H,8-9H2,1-3H3. The molecule has 0 radical (unpaired) electrons. The number of aryl methyl sites for hydroxylation is 1. The Kier molecular flexibility index (Phi) is 5.81. The van der Waals surface area contributed by atoms with Gasteiger partial charge in [-0.2, -0.15) is 13.9 Å². The normalized spacial score (nSPS) is 12.4. The van der Waals surface area contributed by atoms with Crippen molar-refractivity contribution in [2.45, 2.75) is 32.7 Å². The first-order valence-corrected chi connectivity index (χ1v) is 10.7. The maximum Gasteiger partial charge on any atom is 0.333 e. The molecule has 0 saturated carbocycles. The van der Waals surface area contributed by atoms with Gasteiger partial charge in [0.05, 0.1) is 11.3 Å². The maximum atomic E-state index is 13.1. The molecule has 28 heavy (non-hydrogen) atoms. The Balaban J connectivity index is 2.07. The van der Waals surface area contributed by atoms with Crippen LogP contribution >= 0.6 is 0 Å². The lowest BCUT2D eigenvalue weighted by molar-refractivity contribution is 0.0573. The van der Waals surface area contributed by atoms with Gasteiger partial charge in [-0.1, -0.05) is 38.1 Å². The van der Waals surface area contributed by atoms with Crippen LogP contribution in [0, 0.1) is 0 Å². The summed E-state index contributed by atoms with van der Waals surface area (Å²) in [5, 5.41) is 4.52. The second kappa shape index (κ2) is 7.97. The molecule has 2 aromatic carbocycles. The monoisotopic (exact) mass is 407 g/mol. The zero-order valence-electron chi connectivity index (χ0n) is 16.0. The van der Waals surface area contributed by atoms with Crippen molar-refractivity contribution >= 4 is 20.9 Å². The first-order valence-electron chi connectivity index (χ1n) is 9.01. The van der Waals surface area contributed by atoms with E-state index >= 15 is 0 Å². The summed E-state index contributed by atoms with van der Waals surface area (Å²) in [7, 11) is -2.07. The van der Waals surface area contributed by atoms with Crippen molar-refractivity contribution in [1.29, 1.82) is 0 Å². The Morgan fingerprint density at radius 3 is 2.36 bits per heavy atom. The number of nitrogens with zero attached hydrogens (tertiary/aromatic N) is 2. The van der Waals surface area contributed by atoms with Crippen LogP contribution in [0.5, 0.6) is 0 Å². The largest absolute Gasteiger partial charge is 0.333 e. The number of benzene rings is 2. The number of fused-ring (bicyclic) bond motifs is 1. The molecule has 0 aliphatic heterocycles. The summed E-state index contributed by atoms with van der Waals surface area (Å²) in [6.07, 6.45) is 1.47. The van der Waals surface area contributed by atoms with Gasteiger partial charge < -0.3 is 0 Å². The highest BCUT2D eigenvalue weighted by Gasteiger charge is 2.16. The van der Waals surface area contributed by atoms with Crippen LogP contribution in [0.25, 0.3) is 22.0 Å². The van der Waals surface area contributed by atoms with Crippen LogP contribution in [0.2, 0.25) is 0 Å². The van der Waals surface area contributed by atoms with Gasteiger partial charge in [0.1, 0.15) is 0 Å². The van der Waals surface area contributed by atoms with E-state index in [1.807, 2.05) is 36.4 Å². The van der Waals surface area contributed by atoms with E-state index in [1.165, 1.54) is 18.8 Å². The van der Waals surface area contributed by atoms with Crippen LogP contribution in [0.4, 0.5) is 8.78 Å². The van der Waals surface area contributed by atoms with Crippen LogP contribution in [-0.4, -0.2) is 31.0 Å². The average molecular weight is 407 g/mol. The number of hydrogen-bond acceptors (Lipinski definition) is 3. The van der Waals surface area contributed by atoms with Crippen molar-refractivity contribution in [3.05, 3.63) is 53.7 Å². The summed E-state index contributed by atoms with van der Waals surface area (Å²) in [5.74, 6) is 0.263. The number of rotatable bonds is 7. The van der Waals surface area contributed by atoms with E-state index in [0.29, 0.717) is 27.1 Å². The molecule has 0 aliphatic rings. The van der Waals surface area contributed by atoms with Crippen LogP contribution in [-0.2, 0) is 16.4 Å². The lowest BCUT2D eigenvalue weighted by Crippen LogP contribution is -2.23. The predicted molar refractivity (Wildman–Crippen MR) is 107 cm³/mol. The molecule has 1 heterocycles. The molecule has 1 aromatic heterocycles. The highest BCUT2D eigenvalue weighted by Crippen LogP contribution is 2.30. The third-order valence-corrected chi connectivity index (χ3v) is 6.13. The third kappa shape index (κ3) is 4.39. The Bertz CT molecular complexity index is 1070. The fraction of sp³-hybridized carbons (Fsp3) is 0.350. The van der Waals surface area contributed by atoms with Crippen LogP contribution in [0.3, 0.4) is 0 Å². The zero-order chi connectivity index (χ0) is 20.5. The third-order valence-electron chi connectivity index (χ3n) is 4.77. The summed E-state index contributed by atoms with van der Waals surface area (Å²) in [6.45, 7) is 1.47. The van der Waals surface area contributed by atoms with E-state index in [2.05, 4.69) is 23.7 Å². The Morgan fingerprint density at radius 1 is 1.11 bits per heavy atom. The van der Waals surface area contributed by atoms with Crippen molar-refractivity contribution in [2.75, 3.05) is 12.8 Å². The molecular weight excluding hydrogens is 384 g/mol. The first-order chi connectivity index (χ1) is 13.2. The Morgan fingerprint density at radius 2 is 1.79 bits per heavy atom. The van der Waals surface area contributed by atoms with Gasteiger partial charge >= 0.3 is 6.55 Å². The molecule has 5 nitrogen and oxygen atoms in total. The van der Waals surface area contributed by atoms with Crippen molar-refractivity contribution in [2.24, 2.45) is 0 Å². The minimum absolute atomic E-state index is 0.143. The molecule has 0 saturated heterocycles. The minimum atomic E-state index is -3.42. The predicted octanol–water partition coefficient (Wildman–Crippen LogP) is 4.31. The van der Waals surface area contributed by atoms with E-state index in [-0.39, 0.29) is 12.2 Å². The van der Waals surface area contributed by atoms with Gasteiger partial charge in [0.25, 0.3) is 0 Å². The summed E-state index contributed by atoms with van der Waals surface area (Å²) in [5.41, 5.74) is 4.01. The number of aromatic nitrogens is 2. The topological polar surface area (TPSA) is 64.0 Å². The molecule has 3 rings (SSSR count). The molecular formula is C20H23F2N3O2S. The molecule has 3 aromatic rings. The van der Waals surface area contributed by atoms with Gasteiger partial charge in [-0.15, -0.1) is 0 Å².